The quantitative estimate of drug-likeness (QED) is 0.813. The van der Waals surface area contributed by atoms with Gasteiger partial charge in [0, 0.05) is 11.5 Å². The molecule has 1 atom stereocenters. The van der Waals surface area contributed by atoms with E-state index in [1.807, 2.05) is 24.3 Å². The summed E-state index contributed by atoms with van der Waals surface area (Å²) in [6, 6.07) is 7.53. The van der Waals surface area contributed by atoms with Crippen molar-refractivity contribution in [1.82, 2.24) is 9.36 Å². The zero-order valence-corrected chi connectivity index (χ0v) is 9.11. The van der Waals surface area contributed by atoms with Gasteiger partial charge in [0.2, 0.25) is 0 Å². The van der Waals surface area contributed by atoms with Crippen LogP contribution in [0.4, 0.5) is 5.13 Å². The number of nitrogen functional groups attached to an aromatic ring is 1. The van der Waals surface area contributed by atoms with Crippen molar-refractivity contribution in [3.05, 3.63) is 30.1 Å². The number of hydrogen-bond acceptors (Lipinski definition) is 6. The van der Waals surface area contributed by atoms with Crippen molar-refractivity contribution in [1.29, 1.82) is 0 Å². The fourth-order valence-corrected chi connectivity index (χ4v) is 2.00. The van der Waals surface area contributed by atoms with E-state index in [9.17, 15) is 0 Å². The highest BCUT2D eigenvalue weighted by atomic mass is 32.1. The first-order valence-electron chi connectivity index (χ1n) is 4.80. The van der Waals surface area contributed by atoms with Crippen LogP contribution in [-0.2, 0) is 0 Å². The highest BCUT2D eigenvalue weighted by Crippen LogP contribution is 2.35. The first-order chi connectivity index (χ1) is 7.83. The molecule has 0 amide bonds. The van der Waals surface area contributed by atoms with Gasteiger partial charge in [-0.2, -0.15) is 9.36 Å². The topological polar surface area (TPSA) is 70.3 Å². The summed E-state index contributed by atoms with van der Waals surface area (Å²) >= 11 is 1.16. The minimum absolute atomic E-state index is 0.275. The van der Waals surface area contributed by atoms with Gasteiger partial charge in [-0.1, -0.05) is 12.1 Å². The molecule has 1 aliphatic heterocycles. The van der Waals surface area contributed by atoms with Crippen molar-refractivity contribution < 1.29 is 9.47 Å². The third-order valence-corrected chi connectivity index (χ3v) is 2.81. The molecule has 2 heterocycles. The van der Waals surface area contributed by atoms with Crippen LogP contribution in [0.15, 0.2) is 24.3 Å². The second kappa shape index (κ2) is 3.64. The molecule has 2 aromatic rings. The molecule has 82 valence electrons. The third kappa shape index (κ3) is 1.57. The van der Waals surface area contributed by atoms with Crippen LogP contribution >= 0.6 is 11.5 Å². The molecule has 0 saturated carbocycles. The maximum Gasteiger partial charge on any atom is 0.200 e. The van der Waals surface area contributed by atoms with Crippen molar-refractivity contribution in [2.24, 2.45) is 0 Å². The van der Waals surface area contributed by atoms with Crippen LogP contribution in [0.1, 0.15) is 11.9 Å². The molecule has 3 rings (SSSR count). The fraction of sp³-hybridized carbons (Fsp3) is 0.200. The Morgan fingerprint density at radius 2 is 2.12 bits per heavy atom. The van der Waals surface area contributed by atoms with Crippen LogP contribution in [0.2, 0.25) is 0 Å². The molecule has 1 unspecified atom stereocenters. The van der Waals surface area contributed by atoms with E-state index in [0.717, 1.165) is 17.3 Å². The number of nitrogens with zero attached hydrogens (tertiary/aromatic N) is 2. The lowest BCUT2D eigenvalue weighted by Gasteiger charge is -2.24. The van der Waals surface area contributed by atoms with E-state index in [0.29, 0.717) is 23.3 Å². The molecule has 16 heavy (non-hydrogen) atoms. The molecule has 1 aliphatic rings. The number of ether oxygens (including phenoxy) is 2. The Morgan fingerprint density at radius 1 is 1.31 bits per heavy atom. The molecule has 1 aromatic heterocycles. The number of anilines is 1. The predicted molar refractivity (Wildman–Crippen MR) is 59.6 cm³/mol. The standard InChI is InChI=1S/C10H9N3O2S/c11-10-12-9(13-16-10)8-5-14-6-3-1-2-4-7(6)15-8/h1-4,8H,5H2,(H2,11,12,13). The predicted octanol–water partition coefficient (Wildman–Crippen LogP) is 1.63. The van der Waals surface area contributed by atoms with E-state index in [1.54, 1.807) is 0 Å². The van der Waals surface area contributed by atoms with Crippen molar-refractivity contribution in [2.45, 2.75) is 6.10 Å². The Bertz CT molecular complexity index is 514. The van der Waals surface area contributed by atoms with Crippen molar-refractivity contribution >= 4 is 16.7 Å². The van der Waals surface area contributed by atoms with Gasteiger partial charge in [0.05, 0.1) is 0 Å². The Labute approximate surface area is 96.0 Å². The molecule has 0 bridgehead atoms. The highest BCUT2D eigenvalue weighted by molar-refractivity contribution is 7.09. The van der Waals surface area contributed by atoms with Gasteiger partial charge in [0.1, 0.15) is 6.61 Å². The van der Waals surface area contributed by atoms with Gasteiger partial charge in [-0.15, -0.1) is 0 Å². The number of benzene rings is 1. The Morgan fingerprint density at radius 3 is 2.88 bits per heavy atom. The summed E-state index contributed by atoms with van der Waals surface area (Å²) in [4.78, 5) is 4.09. The average Bonchev–Trinajstić information content (AvgIpc) is 2.75. The largest absolute Gasteiger partial charge is 0.485 e. The third-order valence-electron chi connectivity index (χ3n) is 2.25. The monoisotopic (exact) mass is 235 g/mol. The van der Waals surface area contributed by atoms with Crippen LogP contribution in [0.25, 0.3) is 0 Å². The van der Waals surface area contributed by atoms with Crippen LogP contribution < -0.4 is 15.2 Å². The van der Waals surface area contributed by atoms with Crippen LogP contribution in [0.5, 0.6) is 11.5 Å². The summed E-state index contributed by atoms with van der Waals surface area (Å²) in [5.74, 6) is 2.05. The number of aromatic nitrogens is 2. The maximum atomic E-state index is 5.73. The van der Waals surface area contributed by atoms with E-state index in [4.69, 9.17) is 15.2 Å². The summed E-state index contributed by atoms with van der Waals surface area (Å²) in [7, 11) is 0. The Hall–Kier alpha value is -1.82. The Balaban J connectivity index is 1.88. The molecule has 5 nitrogen and oxygen atoms in total. The van der Waals surface area contributed by atoms with Crippen molar-refractivity contribution in [3.8, 4) is 11.5 Å². The van der Waals surface area contributed by atoms with E-state index in [1.165, 1.54) is 0 Å². The molecule has 0 radical (unpaired) electrons. The second-order valence-corrected chi connectivity index (χ2v) is 4.14. The number of rotatable bonds is 1. The van der Waals surface area contributed by atoms with Crippen LogP contribution in [0, 0.1) is 0 Å². The first kappa shape index (κ1) is 9.41. The van der Waals surface area contributed by atoms with Crippen molar-refractivity contribution in [2.75, 3.05) is 12.3 Å². The van der Waals surface area contributed by atoms with Gasteiger partial charge in [-0.3, -0.25) is 0 Å². The first-order valence-corrected chi connectivity index (χ1v) is 5.58. The summed E-state index contributed by atoms with van der Waals surface area (Å²) in [6.45, 7) is 0.410. The smallest absolute Gasteiger partial charge is 0.200 e. The lowest BCUT2D eigenvalue weighted by atomic mass is 10.2. The lowest BCUT2D eigenvalue weighted by Crippen LogP contribution is -2.22. The molecule has 6 heteroatoms. The summed E-state index contributed by atoms with van der Waals surface area (Å²) in [5, 5.41) is 0.442. The highest BCUT2D eigenvalue weighted by Gasteiger charge is 2.25. The zero-order chi connectivity index (χ0) is 11.0. The number of fused-ring (bicyclic) bond motifs is 1. The van der Waals surface area contributed by atoms with Gasteiger partial charge in [0.15, 0.2) is 28.6 Å². The molecule has 0 spiro atoms. The fourth-order valence-electron chi connectivity index (χ4n) is 1.52. The van der Waals surface area contributed by atoms with Gasteiger partial charge < -0.3 is 15.2 Å². The minimum Gasteiger partial charge on any atom is -0.485 e. The van der Waals surface area contributed by atoms with Gasteiger partial charge in [-0.25, -0.2) is 0 Å². The minimum atomic E-state index is -0.275. The summed E-state index contributed by atoms with van der Waals surface area (Å²) < 4.78 is 15.4. The normalized spacial score (nSPS) is 18.4. The summed E-state index contributed by atoms with van der Waals surface area (Å²) in [6.07, 6.45) is -0.275. The van der Waals surface area contributed by atoms with E-state index >= 15 is 0 Å². The van der Waals surface area contributed by atoms with Crippen molar-refractivity contribution in [3.63, 3.8) is 0 Å². The molecule has 2 N–H and O–H groups in total. The molecular formula is C10H9N3O2S. The molecule has 0 aliphatic carbocycles. The molecule has 0 fully saturated rings. The summed E-state index contributed by atoms with van der Waals surface area (Å²) in [5.41, 5.74) is 5.53. The molecule has 1 aromatic carbocycles. The zero-order valence-electron chi connectivity index (χ0n) is 8.29. The van der Waals surface area contributed by atoms with E-state index in [2.05, 4.69) is 9.36 Å². The number of nitrogens with two attached hydrogens (primary N) is 1. The second-order valence-electron chi connectivity index (χ2n) is 3.36. The average molecular weight is 235 g/mol. The van der Waals surface area contributed by atoms with Crippen LogP contribution in [-0.4, -0.2) is 16.0 Å². The van der Waals surface area contributed by atoms with E-state index in [-0.39, 0.29) is 6.10 Å². The lowest BCUT2D eigenvalue weighted by molar-refractivity contribution is 0.0860. The molecule has 0 saturated heterocycles. The van der Waals surface area contributed by atoms with Gasteiger partial charge in [-0.05, 0) is 12.1 Å². The maximum absolute atomic E-state index is 5.73. The number of para-hydroxylation sites is 2. The number of hydrogen-bond donors (Lipinski definition) is 1. The van der Waals surface area contributed by atoms with Gasteiger partial charge >= 0.3 is 0 Å². The Kier molecular flexibility index (Phi) is 2.14. The van der Waals surface area contributed by atoms with Gasteiger partial charge in [0.25, 0.3) is 0 Å². The van der Waals surface area contributed by atoms with E-state index < -0.39 is 0 Å². The van der Waals surface area contributed by atoms with Crippen LogP contribution in [0.3, 0.4) is 0 Å². The SMILES string of the molecule is Nc1nc(C2COc3ccccc3O2)ns1. The molecular weight excluding hydrogens is 226 g/mol.